The van der Waals surface area contributed by atoms with Crippen LogP contribution in [0, 0.1) is 0 Å². The average molecular weight is 361 g/mol. The van der Waals surface area contributed by atoms with Crippen molar-refractivity contribution < 1.29 is 23.4 Å². The van der Waals surface area contributed by atoms with Gasteiger partial charge in [-0.25, -0.2) is 4.98 Å². The van der Waals surface area contributed by atoms with Crippen LogP contribution in [0.25, 0.3) is 0 Å². The molecule has 0 spiro atoms. The maximum Gasteiger partial charge on any atom is 0.273 e. The summed E-state index contributed by atoms with van der Waals surface area (Å²) in [5.74, 6) is 2.01. The molecule has 0 bridgehead atoms. The number of aromatic nitrogens is 1. The second kappa shape index (κ2) is 8.09. The number of hydrogen-bond acceptors (Lipinski definition) is 7. The summed E-state index contributed by atoms with van der Waals surface area (Å²) in [7, 11) is 3.94. The van der Waals surface area contributed by atoms with Crippen molar-refractivity contribution in [3.05, 3.63) is 36.0 Å². The topological polar surface area (TPSA) is 86.1 Å². The number of ether oxygens (including phenoxy) is 3. The summed E-state index contributed by atoms with van der Waals surface area (Å²) in [6.45, 7) is 3.12. The Bertz CT molecular complexity index is 759. The summed E-state index contributed by atoms with van der Waals surface area (Å²) in [5, 5.41) is 2.96. The number of likely N-dealkylation sites (N-methyl/N-ethyl adjacent to an activating group) is 1. The zero-order chi connectivity index (χ0) is 18.5. The van der Waals surface area contributed by atoms with Crippen molar-refractivity contribution in [2.24, 2.45) is 0 Å². The van der Waals surface area contributed by atoms with Crippen LogP contribution in [-0.2, 0) is 6.61 Å². The lowest BCUT2D eigenvalue weighted by Gasteiger charge is -2.20. The number of carbonyl (C=O) groups excluding carboxylic acids is 1. The molecule has 8 heteroatoms. The van der Waals surface area contributed by atoms with Gasteiger partial charge in [0.05, 0.1) is 0 Å². The molecule has 8 nitrogen and oxygen atoms in total. The summed E-state index contributed by atoms with van der Waals surface area (Å²) in [6.07, 6.45) is 2.18. The fourth-order valence-electron chi connectivity index (χ4n) is 2.57. The Morgan fingerprint density at radius 1 is 1.35 bits per heavy atom. The van der Waals surface area contributed by atoms with E-state index in [1.165, 1.54) is 6.26 Å². The molecule has 0 saturated carbocycles. The molecule has 1 amide bonds. The lowest BCUT2D eigenvalue weighted by molar-refractivity contribution is 0.0924. The minimum atomic E-state index is -0.253. The Kier molecular flexibility index (Phi) is 5.62. The molecule has 0 fully saturated rings. The first-order valence-corrected chi connectivity index (χ1v) is 8.47. The van der Waals surface area contributed by atoms with Gasteiger partial charge in [-0.2, -0.15) is 0 Å². The largest absolute Gasteiger partial charge is 0.484 e. The van der Waals surface area contributed by atoms with Crippen molar-refractivity contribution in [1.29, 1.82) is 0 Å². The predicted octanol–water partition coefficient (Wildman–Crippen LogP) is 2.05. The fourth-order valence-corrected chi connectivity index (χ4v) is 2.57. The van der Waals surface area contributed by atoms with E-state index in [1.54, 1.807) is 18.2 Å². The normalized spacial score (nSPS) is 13.7. The van der Waals surface area contributed by atoms with Crippen LogP contribution in [0.4, 0.5) is 0 Å². The van der Waals surface area contributed by atoms with E-state index < -0.39 is 0 Å². The van der Waals surface area contributed by atoms with Crippen LogP contribution in [0.1, 0.15) is 29.7 Å². The average Bonchev–Trinajstić information content (AvgIpc) is 3.27. The molecule has 0 unspecified atom stereocenters. The summed E-state index contributed by atoms with van der Waals surface area (Å²) < 4.78 is 21.5. The van der Waals surface area contributed by atoms with Crippen LogP contribution in [0.2, 0.25) is 0 Å². The third-order valence-corrected chi connectivity index (χ3v) is 3.90. The highest BCUT2D eigenvalue weighted by atomic mass is 16.7. The van der Waals surface area contributed by atoms with Crippen molar-refractivity contribution in [2.75, 3.05) is 27.4 Å². The summed E-state index contributed by atoms with van der Waals surface area (Å²) in [5.41, 5.74) is 0.242. The predicted molar refractivity (Wildman–Crippen MR) is 93.5 cm³/mol. The van der Waals surface area contributed by atoms with Crippen molar-refractivity contribution in [1.82, 2.24) is 15.2 Å². The van der Waals surface area contributed by atoms with Crippen molar-refractivity contribution >= 4 is 5.91 Å². The second-order valence-electron chi connectivity index (χ2n) is 6.27. The van der Waals surface area contributed by atoms with E-state index in [-0.39, 0.29) is 31.0 Å². The number of nitrogens with zero attached hydrogens (tertiary/aromatic N) is 2. The van der Waals surface area contributed by atoms with Gasteiger partial charge in [0.1, 0.15) is 12.0 Å². The fraction of sp³-hybridized carbons (Fsp3) is 0.444. The standard InChI is InChI=1S/C18H23N3O5/c1-4-12(8-21(2)3)19-18(22)14-9-24-17(20-14)10-23-13-5-6-15-16(7-13)26-11-25-15/h5-7,9,12H,4,8,10-11H2,1-3H3,(H,19,22)/t12-/m1/s1. The molecule has 0 saturated heterocycles. The van der Waals surface area contributed by atoms with Crippen LogP contribution in [0.3, 0.4) is 0 Å². The highest BCUT2D eigenvalue weighted by molar-refractivity contribution is 5.92. The molecule has 2 heterocycles. The number of oxazole rings is 1. The van der Waals surface area contributed by atoms with Gasteiger partial charge in [0.2, 0.25) is 12.7 Å². The molecule has 3 rings (SSSR count). The SMILES string of the molecule is CC[C@H](CN(C)C)NC(=O)c1coc(COc2ccc3c(c2)OCO3)n1. The number of fused-ring (bicyclic) bond motifs is 1. The minimum absolute atomic E-state index is 0.0579. The highest BCUT2D eigenvalue weighted by Crippen LogP contribution is 2.35. The van der Waals surface area contributed by atoms with E-state index >= 15 is 0 Å². The lowest BCUT2D eigenvalue weighted by Crippen LogP contribution is -2.41. The van der Waals surface area contributed by atoms with Crippen LogP contribution < -0.4 is 19.5 Å². The van der Waals surface area contributed by atoms with E-state index in [1.807, 2.05) is 25.9 Å². The van der Waals surface area contributed by atoms with Gasteiger partial charge in [0, 0.05) is 18.7 Å². The molecule has 1 atom stereocenters. The Balaban J connectivity index is 1.55. The van der Waals surface area contributed by atoms with Crippen LogP contribution >= 0.6 is 0 Å². The molecule has 140 valence electrons. The van der Waals surface area contributed by atoms with E-state index in [9.17, 15) is 4.79 Å². The van der Waals surface area contributed by atoms with E-state index in [2.05, 4.69) is 10.3 Å². The summed E-state index contributed by atoms with van der Waals surface area (Å²) in [4.78, 5) is 18.5. The molecule has 1 aromatic heterocycles. The molecule has 2 aromatic rings. The molecule has 1 aliphatic heterocycles. The van der Waals surface area contributed by atoms with Gasteiger partial charge in [-0.1, -0.05) is 6.92 Å². The van der Waals surface area contributed by atoms with Crippen molar-refractivity contribution in [3.63, 3.8) is 0 Å². The molecule has 1 aromatic carbocycles. The van der Waals surface area contributed by atoms with Gasteiger partial charge in [0.25, 0.3) is 5.91 Å². The lowest BCUT2D eigenvalue weighted by atomic mass is 10.2. The second-order valence-corrected chi connectivity index (χ2v) is 6.27. The maximum atomic E-state index is 12.3. The Morgan fingerprint density at radius 2 is 2.15 bits per heavy atom. The first-order valence-electron chi connectivity index (χ1n) is 8.47. The number of rotatable bonds is 8. The zero-order valence-electron chi connectivity index (χ0n) is 15.2. The number of benzene rings is 1. The number of amides is 1. The van der Waals surface area contributed by atoms with Gasteiger partial charge in [-0.15, -0.1) is 0 Å². The first-order chi connectivity index (χ1) is 12.5. The Hall–Kier alpha value is -2.74. The smallest absolute Gasteiger partial charge is 0.273 e. The third-order valence-electron chi connectivity index (χ3n) is 3.90. The van der Waals surface area contributed by atoms with Gasteiger partial charge in [0.15, 0.2) is 23.8 Å². The number of hydrogen-bond donors (Lipinski definition) is 1. The molecular formula is C18H23N3O5. The minimum Gasteiger partial charge on any atom is -0.484 e. The van der Waals surface area contributed by atoms with E-state index in [0.29, 0.717) is 23.1 Å². The first kappa shape index (κ1) is 18.1. The van der Waals surface area contributed by atoms with Gasteiger partial charge < -0.3 is 28.8 Å². The summed E-state index contributed by atoms with van der Waals surface area (Å²) >= 11 is 0. The van der Waals surface area contributed by atoms with Crippen molar-refractivity contribution in [3.8, 4) is 17.2 Å². The molecule has 1 aliphatic rings. The Labute approximate surface area is 152 Å². The van der Waals surface area contributed by atoms with Crippen LogP contribution in [0.15, 0.2) is 28.9 Å². The molecule has 0 radical (unpaired) electrons. The number of carbonyl (C=O) groups is 1. The number of nitrogens with one attached hydrogen (secondary N) is 1. The molecule has 26 heavy (non-hydrogen) atoms. The molecule has 1 N–H and O–H groups in total. The Morgan fingerprint density at radius 3 is 2.92 bits per heavy atom. The highest BCUT2D eigenvalue weighted by Gasteiger charge is 2.18. The quantitative estimate of drug-likeness (QED) is 0.770. The van der Waals surface area contributed by atoms with Crippen LogP contribution in [-0.4, -0.2) is 49.3 Å². The monoisotopic (exact) mass is 361 g/mol. The maximum absolute atomic E-state index is 12.3. The molecule has 0 aliphatic carbocycles. The van der Waals surface area contributed by atoms with Crippen LogP contribution in [0.5, 0.6) is 17.2 Å². The summed E-state index contributed by atoms with van der Waals surface area (Å²) in [6, 6.07) is 5.35. The molecular weight excluding hydrogens is 338 g/mol. The van der Waals surface area contributed by atoms with Gasteiger partial charge in [-0.3, -0.25) is 4.79 Å². The zero-order valence-corrected chi connectivity index (χ0v) is 15.2. The van der Waals surface area contributed by atoms with Crippen molar-refractivity contribution in [2.45, 2.75) is 26.0 Å². The van der Waals surface area contributed by atoms with Gasteiger partial charge in [-0.05, 0) is 32.6 Å². The van der Waals surface area contributed by atoms with E-state index in [0.717, 1.165) is 13.0 Å². The van der Waals surface area contributed by atoms with E-state index in [4.69, 9.17) is 18.6 Å². The third kappa shape index (κ3) is 4.45. The van der Waals surface area contributed by atoms with Gasteiger partial charge >= 0.3 is 0 Å².